The summed E-state index contributed by atoms with van der Waals surface area (Å²) in [4.78, 5) is 19.0. The van der Waals surface area contributed by atoms with E-state index in [1.807, 2.05) is 36.7 Å². The largest absolute Gasteiger partial charge is 0.480 e. The predicted molar refractivity (Wildman–Crippen MR) is 69.6 cm³/mol. The Labute approximate surface area is 108 Å². The van der Waals surface area contributed by atoms with Crippen molar-refractivity contribution in [3.05, 3.63) is 18.2 Å². The summed E-state index contributed by atoms with van der Waals surface area (Å²) in [6.07, 6.45) is 3.68. The first-order chi connectivity index (χ1) is 8.49. The van der Waals surface area contributed by atoms with E-state index in [1.165, 1.54) is 0 Å². The van der Waals surface area contributed by atoms with Crippen molar-refractivity contribution < 1.29 is 9.90 Å². The molecule has 1 rings (SSSR count). The normalized spacial score (nSPS) is 11.4. The molecular formula is C12H22N4O2. The van der Waals surface area contributed by atoms with Crippen LogP contribution in [0.3, 0.4) is 0 Å². The molecule has 0 radical (unpaired) electrons. The van der Waals surface area contributed by atoms with Crippen LogP contribution in [-0.4, -0.2) is 70.7 Å². The fourth-order valence-corrected chi connectivity index (χ4v) is 1.69. The fraction of sp³-hybridized carbons (Fsp3) is 0.667. The lowest BCUT2D eigenvalue weighted by atomic mass is 10.4. The second-order valence-corrected chi connectivity index (χ2v) is 4.64. The summed E-state index contributed by atoms with van der Waals surface area (Å²) >= 11 is 0. The lowest BCUT2D eigenvalue weighted by Gasteiger charge is -2.22. The van der Waals surface area contributed by atoms with Crippen molar-refractivity contribution in [3.63, 3.8) is 0 Å². The molecule has 0 aromatic carbocycles. The molecule has 0 aliphatic rings. The van der Waals surface area contributed by atoms with E-state index in [-0.39, 0.29) is 6.54 Å². The smallest absolute Gasteiger partial charge is 0.317 e. The highest BCUT2D eigenvalue weighted by molar-refractivity contribution is 5.69. The Morgan fingerprint density at radius 1 is 1.39 bits per heavy atom. The number of aryl methyl sites for hydroxylation is 1. The van der Waals surface area contributed by atoms with Crippen LogP contribution in [0.15, 0.2) is 12.4 Å². The van der Waals surface area contributed by atoms with E-state index in [4.69, 9.17) is 5.11 Å². The minimum Gasteiger partial charge on any atom is -0.480 e. The molecule has 0 atom stereocenters. The van der Waals surface area contributed by atoms with Crippen LogP contribution in [0.4, 0.5) is 0 Å². The standard InChI is InChI=1S/C12H22N4O2/c1-11-13-4-5-16(11)9-8-15(10-12(17)18)7-6-14(2)3/h4-5H,6-10H2,1-3H3,(H,17,18). The van der Waals surface area contributed by atoms with Gasteiger partial charge in [0, 0.05) is 38.6 Å². The van der Waals surface area contributed by atoms with Crippen molar-refractivity contribution >= 4 is 5.97 Å². The van der Waals surface area contributed by atoms with E-state index in [0.29, 0.717) is 0 Å². The van der Waals surface area contributed by atoms with Crippen molar-refractivity contribution in [2.45, 2.75) is 13.5 Å². The second kappa shape index (κ2) is 7.13. The summed E-state index contributed by atoms with van der Waals surface area (Å²) in [6.45, 7) is 5.13. The highest BCUT2D eigenvalue weighted by Gasteiger charge is 2.10. The highest BCUT2D eigenvalue weighted by atomic mass is 16.4. The van der Waals surface area contributed by atoms with Gasteiger partial charge in [0.1, 0.15) is 5.82 Å². The van der Waals surface area contributed by atoms with Gasteiger partial charge >= 0.3 is 5.97 Å². The molecule has 0 amide bonds. The van der Waals surface area contributed by atoms with E-state index in [2.05, 4.69) is 9.88 Å². The molecule has 18 heavy (non-hydrogen) atoms. The Kier molecular flexibility index (Phi) is 5.80. The van der Waals surface area contributed by atoms with Gasteiger partial charge in [0.2, 0.25) is 0 Å². The summed E-state index contributed by atoms with van der Waals surface area (Å²) in [5.74, 6) is 0.175. The molecule has 0 bridgehead atoms. The molecule has 0 fully saturated rings. The second-order valence-electron chi connectivity index (χ2n) is 4.64. The first-order valence-corrected chi connectivity index (χ1v) is 6.05. The lowest BCUT2D eigenvalue weighted by Crippen LogP contribution is -2.37. The average molecular weight is 254 g/mol. The minimum atomic E-state index is -0.781. The fourth-order valence-electron chi connectivity index (χ4n) is 1.69. The van der Waals surface area contributed by atoms with Gasteiger partial charge in [0.15, 0.2) is 0 Å². The predicted octanol–water partition coefficient (Wildman–Crippen LogP) is 0.140. The third kappa shape index (κ3) is 5.29. The van der Waals surface area contributed by atoms with Crippen LogP contribution in [0.2, 0.25) is 0 Å². The maximum atomic E-state index is 10.8. The van der Waals surface area contributed by atoms with E-state index in [1.54, 1.807) is 6.20 Å². The van der Waals surface area contributed by atoms with Crippen LogP contribution in [-0.2, 0) is 11.3 Å². The quantitative estimate of drug-likeness (QED) is 0.715. The molecule has 1 heterocycles. The number of carbonyl (C=O) groups is 1. The Hall–Kier alpha value is -1.40. The van der Waals surface area contributed by atoms with Crippen LogP contribution in [0.1, 0.15) is 5.82 Å². The van der Waals surface area contributed by atoms with Crippen molar-refractivity contribution in [2.24, 2.45) is 0 Å². The number of aromatic nitrogens is 2. The highest BCUT2D eigenvalue weighted by Crippen LogP contribution is 1.97. The summed E-state index contributed by atoms with van der Waals surface area (Å²) < 4.78 is 2.03. The van der Waals surface area contributed by atoms with Crippen molar-refractivity contribution in [2.75, 3.05) is 40.3 Å². The van der Waals surface area contributed by atoms with Crippen molar-refractivity contribution in [3.8, 4) is 0 Å². The minimum absolute atomic E-state index is 0.0849. The first kappa shape index (κ1) is 14.7. The molecule has 1 aromatic rings. The molecule has 0 saturated carbocycles. The zero-order chi connectivity index (χ0) is 13.5. The third-order valence-corrected chi connectivity index (χ3v) is 2.80. The van der Waals surface area contributed by atoms with Gasteiger partial charge in [-0.3, -0.25) is 9.69 Å². The Morgan fingerprint density at radius 2 is 2.11 bits per heavy atom. The third-order valence-electron chi connectivity index (χ3n) is 2.80. The summed E-state index contributed by atoms with van der Waals surface area (Å²) in [7, 11) is 3.97. The lowest BCUT2D eigenvalue weighted by molar-refractivity contribution is -0.138. The van der Waals surface area contributed by atoms with Crippen molar-refractivity contribution in [1.82, 2.24) is 19.4 Å². The van der Waals surface area contributed by atoms with Gasteiger partial charge in [-0.25, -0.2) is 4.98 Å². The number of nitrogens with zero attached hydrogens (tertiary/aromatic N) is 4. The first-order valence-electron chi connectivity index (χ1n) is 6.05. The zero-order valence-electron chi connectivity index (χ0n) is 11.3. The number of carboxylic acids is 1. The monoisotopic (exact) mass is 254 g/mol. The van der Waals surface area contributed by atoms with Crippen LogP contribution in [0.25, 0.3) is 0 Å². The number of hydrogen-bond donors (Lipinski definition) is 1. The molecule has 0 aliphatic heterocycles. The molecule has 1 N–H and O–H groups in total. The van der Waals surface area contributed by atoms with E-state index in [0.717, 1.165) is 32.0 Å². The van der Waals surface area contributed by atoms with E-state index < -0.39 is 5.97 Å². The maximum Gasteiger partial charge on any atom is 0.317 e. The van der Waals surface area contributed by atoms with Gasteiger partial charge in [-0.1, -0.05) is 0 Å². The molecule has 0 unspecified atom stereocenters. The molecule has 0 aliphatic carbocycles. The van der Waals surface area contributed by atoms with Crippen LogP contribution >= 0.6 is 0 Å². The molecule has 1 aromatic heterocycles. The van der Waals surface area contributed by atoms with Crippen molar-refractivity contribution in [1.29, 1.82) is 0 Å². The van der Waals surface area contributed by atoms with E-state index in [9.17, 15) is 4.79 Å². The molecule has 6 nitrogen and oxygen atoms in total. The number of likely N-dealkylation sites (N-methyl/N-ethyl adjacent to an activating group) is 1. The van der Waals surface area contributed by atoms with Gasteiger partial charge in [0.25, 0.3) is 0 Å². The van der Waals surface area contributed by atoms with E-state index >= 15 is 0 Å². The zero-order valence-corrected chi connectivity index (χ0v) is 11.3. The summed E-state index contributed by atoms with van der Waals surface area (Å²) in [5.41, 5.74) is 0. The number of hydrogen-bond acceptors (Lipinski definition) is 4. The van der Waals surface area contributed by atoms with Gasteiger partial charge < -0.3 is 14.6 Å². The number of imidazole rings is 1. The van der Waals surface area contributed by atoms with Crippen LogP contribution < -0.4 is 0 Å². The average Bonchev–Trinajstić information content (AvgIpc) is 2.67. The maximum absolute atomic E-state index is 10.8. The molecule has 0 saturated heterocycles. The topological polar surface area (TPSA) is 61.6 Å². The van der Waals surface area contributed by atoms with Gasteiger partial charge in [-0.15, -0.1) is 0 Å². The number of carboxylic acid groups (broad SMARTS) is 1. The molecule has 102 valence electrons. The number of aliphatic carboxylic acids is 1. The van der Waals surface area contributed by atoms with Crippen LogP contribution in [0.5, 0.6) is 0 Å². The Morgan fingerprint density at radius 3 is 2.61 bits per heavy atom. The SMILES string of the molecule is Cc1nccn1CCN(CCN(C)C)CC(=O)O. The summed E-state index contributed by atoms with van der Waals surface area (Å²) in [5, 5.41) is 8.89. The van der Waals surface area contributed by atoms with Gasteiger partial charge in [0.05, 0.1) is 6.54 Å². The molecule has 6 heteroatoms. The molecule has 0 spiro atoms. The summed E-state index contributed by atoms with van der Waals surface area (Å²) in [6, 6.07) is 0. The number of rotatable bonds is 8. The van der Waals surface area contributed by atoms with Gasteiger partial charge in [-0.05, 0) is 21.0 Å². The Balaban J connectivity index is 2.45. The molecular weight excluding hydrogens is 232 g/mol. The van der Waals surface area contributed by atoms with Gasteiger partial charge in [-0.2, -0.15) is 0 Å². The van der Waals surface area contributed by atoms with Crippen LogP contribution in [0, 0.1) is 6.92 Å². The Bertz CT molecular complexity index is 376.